The third-order valence-electron chi connectivity index (χ3n) is 4.37. The second kappa shape index (κ2) is 8.19. The molecule has 0 saturated heterocycles. The molecular formula is C19H22N4O2S. The minimum atomic E-state index is -0.336. The molecule has 3 rings (SSSR count). The second-order valence-electron chi connectivity index (χ2n) is 6.41. The van der Waals surface area contributed by atoms with Crippen LogP contribution in [0.4, 0.5) is 5.69 Å². The molecule has 2 aromatic rings. The Morgan fingerprint density at radius 2 is 2.19 bits per heavy atom. The van der Waals surface area contributed by atoms with E-state index in [0.29, 0.717) is 17.0 Å². The minimum Gasteiger partial charge on any atom is -0.465 e. The van der Waals surface area contributed by atoms with Gasteiger partial charge < -0.3 is 10.1 Å². The molecule has 1 aliphatic carbocycles. The Balaban J connectivity index is 1.70. The number of nitrogens with zero attached hydrogens (tertiary/aromatic N) is 3. The van der Waals surface area contributed by atoms with Gasteiger partial charge in [-0.3, -0.25) is 0 Å². The average molecular weight is 370 g/mol. The number of esters is 1. The Bertz CT molecular complexity index is 837. The van der Waals surface area contributed by atoms with Crippen molar-refractivity contribution in [1.29, 1.82) is 0 Å². The fraction of sp³-hybridized carbons (Fsp3) is 0.421. The molecule has 7 heteroatoms. The van der Waals surface area contributed by atoms with Gasteiger partial charge in [0.25, 0.3) is 0 Å². The van der Waals surface area contributed by atoms with Crippen LogP contribution >= 0.6 is 11.3 Å². The van der Waals surface area contributed by atoms with Crippen molar-refractivity contribution in [3.05, 3.63) is 40.4 Å². The van der Waals surface area contributed by atoms with E-state index >= 15 is 0 Å². The lowest BCUT2D eigenvalue weighted by Crippen LogP contribution is -2.28. The summed E-state index contributed by atoms with van der Waals surface area (Å²) in [7, 11) is 1.40. The Kier molecular flexibility index (Phi) is 5.74. The molecule has 0 bridgehead atoms. The Hall–Kier alpha value is -2.59. The van der Waals surface area contributed by atoms with Gasteiger partial charge in [-0.2, -0.15) is 0 Å². The molecule has 1 fully saturated rings. The highest BCUT2D eigenvalue weighted by atomic mass is 32.1. The summed E-state index contributed by atoms with van der Waals surface area (Å²) < 4.78 is 6.85. The minimum absolute atomic E-state index is 0.315. The molecule has 136 valence electrons. The zero-order valence-corrected chi connectivity index (χ0v) is 15.8. The van der Waals surface area contributed by atoms with Crippen molar-refractivity contribution >= 4 is 23.0 Å². The van der Waals surface area contributed by atoms with Crippen molar-refractivity contribution in [3.8, 4) is 11.8 Å². The first kappa shape index (κ1) is 18.2. The van der Waals surface area contributed by atoms with Crippen LogP contribution in [0.25, 0.3) is 0 Å². The van der Waals surface area contributed by atoms with E-state index in [1.54, 1.807) is 6.20 Å². The summed E-state index contributed by atoms with van der Waals surface area (Å²) in [5, 5.41) is 11.5. The first-order valence-electron chi connectivity index (χ1n) is 8.59. The number of aromatic nitrogens is 3. The van der Waals surface area contributed by atoms with Gasteiger partial charge in [-0.15, -0.1) is 16.4 Å². The number of hydrogen-bond donors (Lipinski definition) is 1. The highest BCUT2D eigenvalue weighted by molar-refractivity contribution is 7.15. The van der Waals surface area contributed by atoms with E-state index in [2.05, 4.69) is 34.0 Å². The predicted octanol–water partition coefficient (Wildman–Crippen LogP) is 3.65. The van der Waals surface area contributed by atoms with E-state index in [1.165, 1.54) is 18.4 Å². The van der Waals surface area contributed by atoms with Crippen molar-refractivity contribution in [1.82, 2.24) is 15.0 Å². The van der Waals surface area contributed by atoms with Crippen LogP contribution in [0.15, 0.2) is 30.6 Å². The number of ether oxygens (including phenoxy) is 1. The third-order valence-corrected chi connectivity index (χ3v) is 5.40. The normalized spacial score (nSPS) is 19.3. The maximum atomic E-state index is 12.1. The van der Waals surface area contributed by atoms with Gasteiger partial charge in [0.15, 0.2) is 0 Å². The largest absolute Gasteiger partial charge is 0.465 e. The van der Waals surface area contributed by atoms with Crippen molar-refractivity contribution < 1.29 is 9.53 Å². The average Bonchev–Trinajstić information content (AvgIpc) is 3.30. The van der Waals surface area contributed by atoms with Gasteiger partial charge in [0, 0.05) is 12.2 Å². The molecule has 1 aliphatic rings. The van der Waals surface area contributed by atoms with Crippen LogP contribution in [0.2, 0.25) is 0 Å². The number of allylic oxidation sites excluding steroid dienone is 1. The number of methoxy groups -OCH3 is 1. The van der Waals surface area contributed by atoms with Gasteiger partial charge in [0.2, 0.25) is 0 Å². The van der Waals surface area contributed by atoms with Crippen LogP contribution in [0.3, 0.4) is 0 Å². The molecule has 0 spiro atoms. The molecule has 0 aliphatic heterocycles. The SMILES string of the molecule is C=C(C)C#Cc1cc(NC2CCC(n3ccnn3)CC2)c(C(=O)OC)s1. The maximum absolute atomic E-state index is 12.1. The van der Waals surface area contributed by atoms with Crippen molar-refractivity contribution in [3.63, 3.8) is 0 Å². The predicted molar refractivity (Wildman–Crippen MR) is 102 cm³/mol. The van der Waals surface area contributed by atoms with E-state index in [-0.39, 0.29) is 5.97 Å². The van der Waals surface area contributed by atoms with Crippen molar-refractivity contribution in [2.24, 2.45) is 0 Å². The number of anilines is 1. The molecule has 0 atom stereocenters. The van der Waals surface area contributed by atoms with Crippen molar-refractivity contribution in [2.75, 3.05) is 12.4 Å². The monoisotopic (exact) mass is 370 g/mol. The molecule has 0 aromatic carbocycles. The second-order valence-corrected chi connectivity index (χ2v) is 7.46. The lowest BCUT2D eigenvalue weighted by atomic mass is 9.91. The number of carbonyl (C=O) groups excluding carboxylic acids is 1. The molecule has 1 saturated carbocycles. The van der Waals surface area contributed by atoms with Gasteiger partial charge in [0.1, 0.15) is 4.88 Å². The number of thiophene rings is 1. The van der Waals surface area contributed by atoms with Gasteiger partial charge in [-0.05, 0) is 44.2 Å². The maximum Gasteiger partial charge on any atom is 0.350 e. The number of nitrogens with one attached hydrogen (secondary N) is 1. The first-order chi connectivity index (χ1) is 12.6. The van der Waals surface area contributed by atoms with Crippen LogP contribution in [0.5, 0.6) is 0 Å². The van der Waals surface area contributed by atoms with Crippen LogP contribution in [-0.4, -0.2) is 34.1 Å². The molecule has 0 unspecified atom stereocenters. The Morgan fingerprint density at radius 1 is 1.42 bits per heavy atom. The quantitative estimate of drug-likeness (QED) is 0.657. The molecule has 2 aromatic heterocycles. The molecule has 1 N–H and O–H groups in total. The summed E-state index contributed by atoms with van der Waals surface area (Å²) in [6.45, 7) is 5.64. The summed E-state index contributed by atoms with van der Waals surface area (Å²) >= 11 is 1.35. The van der Waals surface area contributed by atoms with Crippen molar-refractivity contribution in [2.45, 2.75) is 44.7 Å². The van der Waals surface area contributed by atoms with Gasteiger partial charge in [0.05, 0.1) is 29.9 Å². The van der Waals surface area contributed by atoms with Gasteiger partial charge >= 0.3 is 5.97 Å². The fourth-order valence-electron chi connectivity index (χ4n) is 3.09. The summed E-state index contributed by atoms with van der Waals surface area (Å²) in [4.78, 5) is 13.5. The molecule has 2 heterocycles. The zero-order chi connectivity index (χ0) is 18.5. The number of rotatable bonds is 4. The Morgan fingerprint density at radius 3 is 2.81 bits per heavy atom. The van der Waals surface area contributed by atoms with Gasteiger partial charge in [-0.1, -0.05) is 23.6 Å². The van der Waals surface area contributed by atoms with E-state index in [1.807, 2.05) is 23.9 Å². The molecule has 0 radical (unpaired) electrons. The summed E-state index contributed by atoms with van der Waals surface area (Å²) in [5.41, 5.74) is 1.59. The summed E-state index contributed by atoms with van der Waals surface area (Å²) in [6, 6.07) is 2.64. The molecular weight excluding hydrogens is 348 g/mol. The van der Waals surface area contributed by atoms with Gasteiger partial charge in [-0.25, -0.2) is 9.48 Å². The molecule has 0 amide bonds. The van der Waals surface area contributed by atoms with E-state index in [0.717, 1.165) is 41.8 Å². The highest BCUT2D eigenvalue weighted by Gasteiger charge is 2.25. The summed E-state index contributed by atoms with van der Waals surface area (Å²) in [6.07, 6.45) is 7.70. The lowest BCUT2D eigenvalue weighted by Gasteiger charge is -2.29. The van der Waals surface area contributed by atoms with E-state index < -0.39 is 0 Å². The lowest BCUT2D eigenvalue weighted by molar-refractivity contribution is 0.0607. The van der Waals surface area contributed by atoms with E-state index in [4.69, 9.17) is 4.74 Å². The standard InChI is InChI=1S/C19H22N4O2S/c1-13(2)4-9-16-12-17(18(26-16)19(24)25-3)21-14-5-7-15(8-6-14)23-11-10-20-22-23/h10-12,14-15,21H,1,5-8H2,2-3H3. The fourth-order valence-corrected chi connectivity index (χ4v) is 3.98. The van der Waals surface area contributed by atoms with E-state index in [9.17, 15) is 4.79 Å². The van der Waals surface area contributed by atoms with Crippen LogP contribution in [0.1, 0.15) is 53.2 Å². The molecule has 26 heavy (non-hydrogen) atoms. The van der Waals surface area contributed by atoms with Crippen LogP contribution in [-0.2, 0) is 4.74 Å². The smallest absolute Gasteiger partial charge is 0.350 e. The first-order valence-corrected chi connectivity index (χ1v) is 9.40. The van der Waals surface area contributed by atoms with Crippen LogP contribution in [0, 0.1) is 11.8 Å². The highest BCUT2D eigenvalue weighted by Crippen LogP contribution is 2.33. The summed E-state index contributed by atoms with van der Waals surface area (Å²) in [5.74, 6) is 5.67. The Labute approximate surface area is 157 Å². The number of hydrogen-bond acceptors (Lipinski definition) is 6. The van der Waals surface area contributed by atoms with Crippen LogP contribution < -0.4 is 5.32 Å². The molecule has 6 nitrogen and oxygen atoms in total. The topological polar surface area (TPSA) is 69.0 Å². The zero-order valence-electron chi connectivity index (χ0n) is 15.0. The third kappa shape index (κ3) is 4.33. The number of carbonyl (C=O) groups is 1.